The summed E-state index contributed by atoms with van der Waals surface area (Å²) in [5.74, 6) is -2.23. The van der Waals surface area contributed by atoms with Crippen molar-refractivity contribution in [3.05, 3.63) is 68.9 Å². The van der Waals surface area contributed by atoms with Crippen LogP contribution in [-0.4, -0.2) is 7.05 Å². The summed E-state index contributed by atoms with van der Waals surface area (Å²) in [7, 11) is 1.61. The van der Waals surface area contributed by atoms with Crippen molar-refractivity contribution in [1.82, 2.24) is 5.32 Å². The van der Waals surface area contributed by atoms with E-state index in [0.29, 0.717) is 10.0 Å². The highest BCUT2D eigenvalue weighted by Gasteiger charge is 2.20. The van der Waals surface area contributed by atoms with E-state index in [0.717, 1.165) is 0 Å². The third-order valence-electron chi connectivity index (χ3n) is 3.12. The number of aryl methyl sites for hydroxylation is 1. The van der Waals surface area contributed by atoms with Gasteiger partial charge < -0.3 is 5.32 Å². The summed E-state index contributed by atoms with van der Waals surface area (Å²) in [6.07, 6.45) is 0. The molecule has 0 heterocycles. The minimum atomic E-state index is -0.912. The lowest BCUT2D eigenvalue weighted by Crippen LogP contribution is -2.20. The van der Waals surface area contributed by atoms with Gasteiger partial charge in [-0.2, -0.15) is 0 Å². The molecule has 2 rings (SSSR count). The van der Waals surface area contributed by atoms with Gasteiger partial charge in [-0.3, -0.25) is 0 Å². The average Bonchev–Trinajstić information content (AvgIpc) is 2.38. The normalized spacial score (nSPS) is 12.5. The topological polar surface area (TPSA) is 12.0 Å². The van der Waals surface area contributed by atoms with Crippen molar-refractivity contribution < 1.29 is 13.2 Å². The van der Waals surface area contributed by atoms with E-state index in [4.69, 9.17) is 0 Å². The van der Waals surface area contributed by atoms with Gasteiger partial charge >= 0.3 is 0 Å². The first-order valence-corrected chi connectivity index (χ1v) is 6.81. The van der Waals surface area contributed by atoms with Gasteiger partial charge in [-0.15, -0.1) is 0 Å². The van der Waals surface area contributed by atoms with Crippen LogP contribution in [0.4, 0.5) is 13.2 Å². The molecular formula is C15H13BrF3N. The van der Waals surface area contributed by atoms with E-state index in [1.54, 1.807) is 13.1 Å². The Labute approximate surface area is 123 Å². The van der Waals surface area contributed by atoms with Crippen molar-refractivity contribution in [2.24, 2.45) is 0 Å². The van der Waals surface area contributed by atoms with Gasteiger partial charge in [0.2, 0.25) is 0 Å². The van der Waals surface area contributed by atoms with Gasteiger partial charge in [-0.25, -0.2) is 13.2 Å². The van der Waals surface area contributed by atoms with Crippen LogP contribution in [-0.2, 0) is 0 Å². The Morgan fingerprint density at radius 3 is 2.35 bits per heavy atom. The molecule has 5 heteroatoms. The third kappa shape index (κ3) is 2.88. The molecule has 1 N–H and O–H groups in total. The molecule has 0 fully saturated rings. The Morgan fingerprint density at radius 2 is 1.75 bits per heavy atom. The molecule has 0 aliphatic rings. The molecule has 0 saturated heterocycles. The Kier molecular flexibility index (Phi) is 4.50. The lowest BCUT2D eigenvalue weighted by molar-refractivity contribution is 0.482. The number of benzene rings is 2. The van der Waals surface area contributed by atoms with E-state index in [-0.39, 0.29) is 11.1 Å². The van der Waals surface area contributed by atoms with E-state index in [9.17, 15) is 13.2 Å². The van der Waals surface area contributed by atoms with Crippen LogP contribution in [0.5, 0.6) is 0 Å². The summed E-state index contributed by atoms with van der Waals surface area (Å²) in [5.41, 5.74) is 0.899. The van der Waals surface area contributed by atoms with Crippen molar-refractivity contribution in [3.8, 4) is 0 Å². The zero-order valence-electron chi connectivity index (χ0n) is 11.0. The van der Waals surface area contributed by atoms with Crippen LogP contribution >= 0.6 is 15.9 Å². The molecule has 0 spiro atoms. The fourth-order valence-electron chi connectivity index (χ4n) is 2.13. The van der Waals surface area contributed by atoms with E-state index < -0.39 is 23.5 Å². The van der Waals surface area contributed by atoms with Gasteiger partial charge in [0.25, 0.3) is 0 Å². The molecule has 20 heavy (non-hydrogen) atoms. The second-order valence-electron chi connectivity index (χ2n) is 4.52. The zero-order chi connectivity index (χ0) is 14.9. The van der Waals surface area contributed by atoms with Crippen molar-refractivity contribution in [2.75, 3.05) is 7.05 Å². The number of rotatable bonds is 3. The molecule has 2 aromatic carbocycles. The molecule has 0 saturated carbocycles. The molecule has 0 bridgehead atoms. The molecule has 1 atom stereocenters. The predicted molar refractivity (Wildman–Crippen MR) is 76.1 cm³/mol. The number of nitrogens with one attached hydrogen (secondary N) is 1. The molecule has 106 valence electrons. The highest BCUT2D eigenvalue weighted by Crippen LogP contribution is 2.29. The smallest absolute Gasteiger partial charge is 0.164 e. The van der Waals surface area contributed by atoms with E-state index >= 15 is 0 Å². The summed E-state index contributed by atoms with van der Waals surface area (Å²) in [6.45, 7) is 1.50. The zero-order valence-corrected chi connectivity index (χ0v) is 12.6. The fraction of sp³-hybridized carbons (Fsp3) is 0.200. The quantitative estimate of drug-likeness (QED) is 0.866. The lowest BCUT2D eigenvalue weighted by atomic mass is 9.97. The summed E-state index contributed by atoms with van der Waals surface area (Å²) in [6, 6.07) is 6.66. The van der Waals surface area contributed by atoms with Crippen molar-refractivity contribution in [3.63, 3.8) is 0 Å². The Balaban J connectivity index is 2.55. The molecular weight excluding hydrogens is 331 g/mol. The molecule has 2 aromatic rings. The maximum atomic E-state index is 14.1. The SMILES string of the molecule is CNC(c1cc(F)cc(Br)c1)c1ccc(C)c(F)c1F. The highest BCUT2D eigenvalue weighted by atomic mass is 79.9. The van der Waals surface area contributed by atoms with Gasteiger partial charge in [0, 0.05) is 10.0 Å². The highest BCUT2D eigenvalue weighted by molar-refractivity contribution is 9.10. The summed E-state index contributed by atoms with van der Waals surface area (Å²) < 4.78 is 41.7. The fourth-order valence-corrected chi connectivity index (χ4v) is 2.61. The maximum Gasteiger partial charge on any atom is 0.164 e. The van der Waals surface area contributed by atoms with Crippen LogP contribution in [0.15, 0.2) is 34.8 Å². The molecule has 0 aliphatic carbocycles. The Morgan fingerprint density at radius 1 is 1.05 bits per heavy atom. The van der Waals surface area contributed by atoms with Gasteiger partial charge in [0.05, 0.1) is 6.04 Å². The second kappa shape index (κ2) is 5.97. The van der Waals surface area contributed by atoms with Crippen LogP contribution in [0.3, 0.4) is 0 Å². The molecule has 0 radical (unpaired) electrons. The van der Waals surface area contributed by atoms with Crippen LogP contribution < -0.4 is 5.32 Å². The van der Waals surface area contributed by atoms with Crippen LogP contribution in [0.1, 0.15) is 22.7 Å². The van der Waals surface area contributed by atoms with Crippen molar-refractivity contribution >= 4 is 15.9 Å². The van der Waals surface area contributed by atoms with Crippen LogP contribution in [0, 0.1) is 24.4 Å². The first-order chi connectivity index (χ1) is 9.43. The van der Waals surface area contributed by atoms with Gasteiger partial charge in [0.1, 0.15) is 5.82 Å². The third-order valence-corrected chi connectivity index (χ3v) is 3.58. The number of hydrogen-bond acceptors (Lipinski definition) is 1. The first-order valence-electron chi connectivity index (χ1n) is 6.01. The van der Waals surface area contributed by atoms with E-state index in [1.807, 2.05) is 0 Å². The van der Waals surface area contributed by atoms with E-state index in [1.165, 1.54) is 31.2 Å². The summed E-state index contributed by atoms with van der Waals surface area (Å²) >= 11 is 3.19. The number of halogens is 4. The molecule has 1 unspecified atom stereocenters. The van der Waals surface area contributed by atoms with Gasteiger partial charge in [-0.05, 0) is 43.3 Å². The molecule has 1 nitrogen and oxygen atoms in total. The molecule has 0 aromatic heterocycles. The van der Waals surface area contributed by atoms with Crippen molar-refractivity contribution in [1.29, 1.82) is 0 Å². The minimum absolute atomic E-state index is 0.146. The van der Waals surface area contributed by atoms with Crippen molar-refractivity contribution in [2.45, 2.75) is 13.0 Å². The van der Waals surface area contributed by atoms with Crippen LogP contribution in [0.25, 0.3) is 0 Å². The first kappa shape index (κ1) is 15.1. The van der Waals surface area contributed by atoms with E-state index in [2.05, 4.69) is 21.2 Å². The van der Waals surface area contributed by atoms with Gasteiger partial charge in [0.15, 0.2) is 11.6 Å². The molecule has 0 aliphatic heterocycles. The average molecular weight is 344 g/mol. The number of hydrogen-bond donors (Lipinski definition) is 1. The predicted octanol–water partition coefficient (Wildman–Crippen LogP) is 4.48. The minimum Gasteiger partial charge on any atom is -0.309 e. The monoisotopic (exact) mass is 343 g/mol. The standard InChI is InChI=1S/C15H13BrF3N/c1-8-3-4-12(14(19)13(8)18)15(20-2)9-5-10(16)7-11(17)6-9/h3-7,15,20H,1-2H3. The lowest BCUT2D eigenvalue weighted by Gasteiger charge is -2.19. The van der Waals surface area contributed by atoms with Gasteiger partial charge in [-0.1, -0.05) is 28.1 Å². The summed E-state index contributed by atoms with van der Waals surface area (Å²) in [4.78, 5) is 0. The van der Waals surface area contributed by atoms with Crippen LogP contribution in [0.2, 0.25) is 0 Å². The Hall–Kier alpha value is -1.33. The largest absolute Gasteiger partial charge is 0.309 e. The maximum absolute atomic E-state index is 14.1. The molecule has 0 amide bonds. The summed E-state index contributed by atoms with van der Waals surface area (Å²) in [5, 5.41) is 2.88. The second-order valence-corrected chi connectivity index (χ2v) is 5.44. The Bertz CT molecular complexity index is 623.